The minimum absolute atomic E-state index is 0.180. The van der Waals surface area contributed by atoms with Gasteiger partial charge < -0.3 is 5.11 Å². The van der Waals surface area contributed by atoms with Gasteiger partial charge in [-0.15, -0.1) is 0 Å². The number of nitrogens with zero attached hydrogens (tertiary/aromatic N) is 1. The van der Waals surface area contributed by atoms with Crippen molar-refractivity contribution in [3.8, 4) is 5.75 Å². The third-order valence-corrected chi connectivity index (χ3v) is 4.43. The van der Waals surface area contributed by atoms with Crippen molar-refractivity contribution in [2.45, 2.75) is 0 Å². The summed E-state index contributed by atoms with van der Waals surface area (Å²) in [7, 11) is -10.7. The summed E-state index contributed by atoms with van der Waals surface area (Å²) in [5, 5.41) is 8.81. The topological polar surface area (TPSA) is 144 Å². The van der Waals surface area contributed by atoms with E-state index in [0.29, 0.717) is 0 Å². The van der Waals surface area contributed by atoms with Crippen LogP contribution in [0.1, 0.15) is 0 Å². The van der Waals surface area contributed by atoms with E-state index in [1.54, 1.807) is 5.43 Å². The number of benzene rings is 1. The molecule has 1 rings (SSSR count). The molecule has 0 saturated carbocycles. The Bertz CT molecular complexity index is 671. The molecular formula is C6H6Cl2N2O7S2. The highest BCUT2D eigenvalue weighted by molar-refractivity contribution is 7.98. The molecule has 0 aliphatic rings. The number of hydrogen-bond donors (Lipinski definition) is 4. The summed E-state index contributed by atoms with van der Waals surface area (Å²) in [6, 6.07) is 1.76. The fourth-order valence-corrected chi connectivity index (χ4v) is 2.76. The van der Waals surface area contributed by atoms with Crippen LogP contribution in [-0.4, -0.2) is 34.9 Å². The van der Waals surface area contributed by atoms with Crippen LogP contribution in [0.4, 0.5) is 5.69 Å². The normalized spacial score (nSPS) is 12.7. The van der Waals surface area contributed by atoms with Gasteiger partial charge in [-0.25, -0.2) is 0 Å². The number of aromatic hydroxyl groups is 1. The van der Waals surface area contributed by atoms with E-state index in [4.69, 9.17) is 32.3 Å². The van der Waals surface area contributed by atoms with E-state index in [2.05, 4.69) is 0 Å². The first kappa shape index (κ1) is 16.2. The van der Waals surface area contributed by atoms with Crippen molar-refractivity contribution in [1.82, 2.24) is 3.82 Å². The lowest BCUT2D eigenvalue weighted by Gasteiger charge is -2.17. The van der Waals surface area contributed by atoms with Crippen LogP contribution in [-0.2, 0) is 20.6 Å². The number of anilines is 1. The summed E-state index contributed by atoms with van der Waals surface area (Å²) in [5.41, 5.74) is 1.16. The third kappa shape index (κ3) is 4.07. The number of phenolic OH excluding ortho intramolecular Hbond substituents is 1. The lowest BCUT2D eigenvalue weighted by Crippen LogP contribution is -2.40. The highest BCUT2D eigenvalue weighted by Crippen LogP contribution is 2.33. The van der Waals surface area contributed by atoms with Gasteiger partial charge >= 0.3 is 20.6 Å². The first-order valence-corrected chi connectivity index (χ1v) is 7.68. The highest BCUT2D eigenvalue weighted by Gasteiger charge is 2.32. The zero-order valence-electron chi connectivity index (χ0n) is 8.65. The van der Waals surface area contributed by atoms with E-state index in [-0.39, 0.29) is 10.0 Å². The molecule has 19 heavy (non-hydrogen) atoms. The van der Waals surface area contributed by atoms with Crippen molar-refractivity contribution in [3.63, 3.8) is 0 Å². The predicted molar refractivity (Wildman–Crippen MR) is 66.7 cm³/mol. The fourth-order valence-electron chi connectivity index (χ4n) is 0.956. The van der Waals surface area contributed by atoms with E-state index >= 15 is 0 Å². The molecule has 1 aromatic carbocycles. The standard InChI is InChI=1S/C6H6Cl2N2O7S2/c7-3-1-4(8)6(11)2-5(3)9-10(18(12,13)14)19(15,16)17/h1-2,9,11H,(H,12,13,14)(H,15,16,17). The monoisotopic (exact) mass is 352 g/mol. The van der Waals surface area contributed by atoms with Crippen LogP contribution >= 0.6 is 23.2 Å². The van der Waals surface area contributed by atoms with Gasteiger partial charge in [0.05, 0.1) is 15.7 Å². The van der Waals surface area contributed by atoms with E-state index in [9.17, 15) is 21.9 Å². The Morgan fingerprint density at radius 2 is 1.47 bits per heavy atom. The van der Waals surface area contributed by atoms with Crippen LogP contribution in [0.5, 0.6) is 5.75 Å². The zero-order chi connectivity index (χ0) is 15.0. The smallest absolute Gasteiger partial charge is 0.369 e. The molecule has 0 amide bonds. The van der Waals surface area contributed by atoms with Gasteiger partial charge in [-0.1, -0.05) is 23.2 Å². The Morgan fingerprint density at radius 3 is 1.89 bits per heavy atom. The van der Waals surface area contributed by atoms with Gasteiger partial charge in [0.15, 0.2) is 0 Å². The molecule has 0 fully saturated rings. The minimum atomic E-state index is -5.35. The maximum atomic E-state index is 10.8. The van der Waals surface area contributed by atoms with Crippen molar-refractivity contribution < 1.29 is 31.0 Å². The highest BCUT2D eigenvalue weighted by atomic mass is 35.5. The van der Waals surface area contributed by atoms with Crippen LogP contribution in [0.3, 0.4) is 0 Å². The zero-order valence-corrected chi connectivity index (χ0v) is 11.8. The van der Waals surface area contributed by atoms with Crippen LogP contribution in [0.25, 0.3) is 0 Å². The van der Waals surface area contributed by atoms with E-state index in [1.165, 1.54) is 0 Å². The Morgan fingerprint density at radius 1 is 1.00 bits per heavy atom. The maximum Gasteiger partial charge on any atom is 0.369 e. The first-order valence-electron chi connectivity index (χ1n) is 4.13. The van der Waals surface area contributed by atoms with Gasteiger partial charge in [0.25, 0.3) is 0 Å². The Kier molecular flexibility index (Phi) is 4.51. The number of hydrazine groups is 1. The number of phenols is 1. The number of nitrogens with one attached hydrogen (secondary N) is 1. The summed E-state index contributed by atoms with van der Waals surface area (Å²) in [4.78, 5) is 0. The minimum Gasteiger partial charge on any atom is -0.506 e. The SMILES string of the molecule is O=S(=O)(O)N(Nc1cc(O)c(Cl)cc1Cl)S(=O)(=O)O. The molecule has 9 nitrogen and oxygen atoms in total. The summed E-state index contributed by atoms with van der Waals surface area (Å²) in [5.74, 6) is -0.542. The molecule has 0 unspecified atom stereocenters. The van der Waals surface area contributed by atoms with Crippen molar-refractivity contribution in [2.24, 2.45) is 0 Å². The molecule has 13 heteroatoms. The Hall–Kier alpha value is -0.820. The molecule has 0 aliphatic carbocycles. The Labute approximate surface area is 118 Å². The first-order chi connectivity index (χ1) is 8.43. The summed E-state index contributed by atoms with van der Waals surface area (Å²) >= 11 is 11.1. The van der Waals surface area contributed by atoms with Gasteiger partial charge in [-0.05, 0) is 6.07 Å². The van der Waals surface area contributed by atoms with Gasteiger partial charge in [0.1, 0.15) is 5.75 Å². The summed E-state index contributed by atoms with van der Waals surface area (Å²) in [6.45, 7) is 0. The molecule has 1 aromatic rings. The molecule has 0 aromatic heterocycles. The van der Waals surface area contributed by atoms with Gasteiger partial charge in [0.2, 0.25) is 0 Å². The van der Waals surface area contributed by atoms with E-state index in [1.807, 2.05) is 0 Å². The molecule has 0 spiro atoms. The lowest BCUT2D eigenvalue weighted by atomic mass is 10.3. The average Bonchev–Trinajstić information content (AvgIpc) is 2.17. The third-order valence-electron chi connectivity index (χ3n) is 1.67. The Balaban J connectivity index is 3.30. The second kappa shape index (κ2) is 5.28. The maximum absolute atomic E-state index is 10.8. The lowest BCUT2D eigenvalue weighted by molar-refractivity contribution is 0.401. The summed E-state index contributed by atoms with van der Waals surface area (Å²) in [6.07, 6.45) is 0. The molecule has 0 bridgehead atoms. The van der Waals surface area contributed by atoms with E-state index in [0.717, 1.165) is 12.1 Å². The van der Waals surface area contributed by atoms with Gasteiger partial charge in [0, 0.05) is 9.89 Å². The van der Waals surface area contributed by atoms with E-state index < -0.39 is 35.9 Å². The molecule has 0 saturated heterocycles. The number of hydrogen-bond acceptors (Lipinski definition) is 6. The second-order valence-corrected chi connectivity index (χ2v) is 6.62. The molecule has 0 radical (unpaired) electrons. The second-order valence-electron chi connectivity index (χ2n) is 3.05. The predicted octanol–water partition coefficient (Wildman–Crippen LogP) is 0.933. The average molecular weight is 353 g/mol. The molecule has 0 heterocycles. The molecule has 108 valence electrons. The number of rotatable bonds is 4. The van der Waals surface area contributed by atoms with Crippen LogP contribution < -0.4 is 5.43 Å². The van der Waals surface area contributed by atoms with Crippen LogP contribution in [0, 0.1) is 0 Å². The largest absolute Gasteiger partial charge is 0.506 e. The van der Waals surface area contributed by atoms with Gasteiger partial charge in [-0.3, -0.25) is 14.5 Å². The molecule has 4 N–H and O–H groups in total. The molecular weight excluding hydrogens is 347 g/mol. The summed E-state index contributed by atoms with van der Waals surface area (Å²) < 4.78 is 59.6. The van der Waals surface area contributed by atoms with Crippen molar-refractivity contribution in [2.75, 3.05) is 5.43 Å². The van der Waals surface area contributed by atoms with Crippen LogP contribution in [0.15, 0.2) is 12.1 Å². The quantitative estimate of drug-likeness (QED) is 0.462. The molecule has 0 aliphatic heterocycles. The van der Waals surface area contributed by atoms with Crippen molar-refractivity contribution in [1.29, 1.82) is 0 Å². The van der Waals surface area contributed by atoms with Crippen molar-refractivity contribution >= 4 is 49.5 Å². The van der Waals surface area contributed by atoms with Gasteiger partial charge in [-0.2, -0.15) is 16.8 Å². The fraction of sp³-hybridized carbons (Fsp3) is 0. The molecule has 0 atom stereocenters. The number of halogens is 2. The van der Waals surface area contributed by atoms with Crippen LogP contribution in [0.2, 0.25) is 10.0 Å². The van der Waals surface area contributed by atoms with Crippen molar-refractivity contribution in [3.05, 3.63) is 22.2 Å².